The molecule has 1 N–H and O–H groups in total. The SMILES string of the molecule is CC1CCC(C#N)(C2(O)CCS(=O)(=O)c3ccccc32)C1. The molecule has 112 valence electrons. The normalized spacial score (nSPS) is 37.7. The molecule has 1 aromatic carbocycles. The molecule has 3 rings (SSSR count). The quantitative estimate of drug-likeness (QED) is 0.864. The van der Waals surface area contributed by atoms with Crippen molar-refractivity contribution in [3.05, 3.63) is 29.8 Å². The van der Waals surface area contributed by atoms with Gasteiger partial charge in [0.2, 0.25) is 0 Å². The summed E-state index contributed by atoms with van der Waals surface area (Å²) in [6.45, 7) is 2.08. The van der Waals surface area contributed by atoms with E-state index in [-0.39, 0.29) is 17.1 Å². The molecule has 1 aliphatic carbocycles. The zero-order valence-corrected chi connectivity index (χ0v) is 12.9. The van der Waals surface area contributed by atoms with E-state index in [0.717, 1.165) is 6.42 Å². The summed E-state index contributed by atoms with van der Waals surface area (Å²) in [5.74, 6) is 0.276. The summed E-state index contributed by atoms with van der Waals surface area (Å²) >= 11 is 0. The highest BCUT2D eigenvalue weighted by Gasteiger charge is 2.58. The molecule has 0 aromatic heterocycles. The molecule has 0 amide bonds. The first kappa shape index (κ1) is 14.6. The number of hydrogen-bond donors (Lipinski definition) is 1. The topological polar surface area (TPSA) is 78.2 Å². The van der Waals surface area contributed by atoms with Gasteiger partial charge in [-0.05, 0) is 37.7 Å². The van der Waals surface area contributed by atoms with Crippen molar-refractivity contribution in [3.63, 3.8) is 0 Å². The fourth-order valence-electron chi connectivity index (χ4n) is 3.96. The van der Waals surface area contributed by atoms with E-state index >= 15 is 0 Å². The van der Waals surface area contributed by atoms with Crippen LogP contribution in [-0.4, -0.2) is 19.3 Å². The van der Waals surface area contributed by atoms with E-state index in [1.165, 1.54) is 6.07 Å². The molecule has 0 saturated heterocycles. The molecular formula is C16H19NO3S. The summed E-state index contributed by atoms with van der Waals surface area (Å²) in [4.78, 5) is 0.188. The van der Waals surface area contributed by atoms with Crippen LogP contribution in [0.1, 0.15) is 38.2 Å². The Labute approximate surface area is 125 Å². The number of aliphatic hydroxyl groups is 1. The first-order valence-corrected chi connectivity index (χ1v) is 8.96. The monoisotopic (exact) mass is 305 g/mol. The van der Waals surface area contributed by atoms with Gasteiger partial charge in [-0.1, -0.05) is 25.1 Å². The van der Waals surface area contributed by atoms with Crippen LogP contribution in [0.2, 0.25) is 0 Å². The zero-order chi connectivity index (χ0) is 15.3. The van der Waals surface area contributed by atoms with Gasteiger partial charge in [0.25, 0.3) is 0 Å². The Morgan fingerprint density at radius 3 is 2.67 bits per heavy atom. The molecule has 1 aliphatic heterocycles. The second-order valence-corrected chi connectivity index (χ2v) is 8.54. The Morgan fingerprint density at radius 1 is 1.33 bits per heavy atom. The number of sulfone groups is 1. The molecular weight excluding hydrogens is 286 g/mol. The molecule has 3 atom stereocenters. The number of rotatable bonds is 1. The van der Waals surface area contributed by atoms with Crippen molar-refractivity contribution in [1.29, 1.82) is 5.26 Å². The smallest absolute Gasteiger partial charge is 0.178 e. The van der Waals surface area contributed by atoms with E-state index in [1.807, 2.05) is 0 Å². The molecule has 0 bridgehead atoms. The molecule has 2 aliphatic rings. The summed E-state index contributed by atoms with van der Waals surface area (Å²) in [5, 5.41) is 21.1. The van der Waals surface area contributed by atoms with Gasteiger partial charge < -0.3 is 5.11 Å². The lowest BCUT2D eigenvalue weighted by Crippen LogP contribution is -2.48. The fourth-order valence-corrected chi connectivity index (χ4v) is 5.61. The molecule has 3 unspecified atom stereocenters. The lowest BCUT2D eigenvalue weighted by Gasteiger charge is -2.44. The number of hydrogen-bond acceptors (Lipinski definition) is 4. The van der Waals surface area contributed by atoms with Crippen molar-refractivity contribution >= 4 is 9.84 Å². The zero-order valence-electron chi connectivity index (χ0n) is 12.0. The second-order valence-electron chi connectivity index (χ2n) is 6.47. The van der Waals surface area contributed by atoms with E-state index in [9.17, 15) is 18.8 Å². The Bertz CT molecular complexity index is 721. The van der Waals surface area contributed by atoms with Crippen molar-refractivity contribution in [2.45, 2.75) is 43.1 Å². The molecule has 0 radical (unpaired) electrons. The number of fused-ring (bicyclic) bond motifs is 1. The van der Waals surface area contributed by atoms with Crippen LogP contribution in [0.4, 0.5) is 0 Å². The first-order valence-electron chi connectivity index (χ1n) is 7.31. The maximum atomic E-state index is 12.2. The summed E-state index contributed by atoms with van der Waals surface area (Å²) in [5.41, 5.74) is -1.83. The number of nitriles is 1. The van der Waals surface area contributed by atoms with Gasteiger partial charge in [-0.2, -0.15) is 5.26 Å². The third-order valence-electron chi connectivity index (χ3n) is 5.17. The van der Waals surface area contributed by atoms with E-state index in [1.54, 1.807) is 18.2 Å². The standard InChI is InChI=1S/C16H19NO3S/c1-12-6-7-15(10-12,11-17)16(18)8-9-21(19,20)14-5-3-2-4-13(14)16/h2-5,12,18H,6-10H2,1H3. The van der Waals surface area contributed by atoms with Gasteiger partial charge in [0.1, 0.15) is 5.60 Å². The average molecular weight is 305 g/mol. The van der Waals surface area contributed by atoms with Crippen LogP contribution in [0.3, 0.4) is 0 Å². The number of benzene rings is 1. The highest BCUT2D eigenvalue weighted by Crippen LogP contribution is 2.56. The lowest BCUT2D eigenvalue weighted by atomic mass is 9.66. The van der Waals surface area contributed by atoms with Crippen LogP contribution < -0.4 is 0 Å². The summed E-state index contributed by atoms with van der Waals surface area (Å²) in [6, 6.07) is 8.94. The third-order valence-corrected chi connectivity index (χ3v) is 6.93. The van der Waals surface area contributed by atoms with Crippen LogP contribution in [0.15, 0.2) is 29.2 Å². The summed E-state index contributed by atoms with van der Waals surface area (Å²) < 4.78 is 24.5. The van der Waals surface area contributed by atoms with Gasteiger partial charge >= 0.3 is 0 Å². The minimum absolute atomic E-state index is 0.0989. The largest absolute Gasteiger partial charge is 0.383 e. The second kappa shape index (κ2) is 4.56. The van der Waals surface area contributed by atoms with Crippen molar-refractivity contribution in [1.82, 2.24) is 0 Å². The van der Waals surface area contributed by atoms with Crippen LogP contribution in [0.5, 0.6) is 0 Å². The van der Waals surface area contributed by atoms with Crippen LogP contribution in [0.25, 0.3) is 0 Å². The minimum Gasteiger partial charge on any atom is -0.383 e. The molecule has 1 heterocycles. The summed E-state index contributed by atoms with van der Waals surface area (Å²) in [7, 11) is -3.36. The van der Waals surface area contributed by atoms with Crippen molar-refractivity contribution in [2.24, 2.45) is 11.3 Å². The van der Waals surface area contributed by atoms with Gasteiger partial charge in [0.15, 0.2) is 9.84 Å². The van der Waals surface area contributed by atoms with E-state index in [4.69, 9.17) is 0 Å². The fraction of sp³-hybridized carbons (Fsp3) is 0.562. The van der Waals surface area contributed by atoms with Crippen molar-refractivity contribution in [3.8, 4) is 6.07 Å². The summed E-state index contributed by atoms with van der Waals surface area (Å²) in [6.07, 6.45) is 2.24. The molecule has 1 fully saturated rings. The van der Waals surface area contributed by atoms with Crippen LogP contribution >= 0.6 is 0 Å². The molecule has 21 heavy (non-hydrogen) atoms. The van der Waals surface area contributed by atoms with Gasteiger partial charge in [0, 0.05) is 5.56 Å². The minimum atomic E-state index is -3.36. The number of nitrogens with zero attached hydrogens (tertiary/aromatic N) is 1. The van der Waals surface area contributed by atoms with E-state index < -0.39 is 20.9 Å². The Kier molecular flexibility index (Phi) is 3.16. The highest BCUT2D eigenvalue weighted by molar-refractivity contribution is 7.91. The Hall–Kier alpha value is -1.38. The van der Waals surface area contributed by atoms with Crippen molar-refractivity contribution in [2.75, 3.05) is 5.75 Å². The molecule has 5 heteroatoms. The predicted octanol–water partition coefficient (Wildman–Crippen LogP) is 2.38. The lowest BCUT2D eigenvalue weighted by molar-refractivity contribution is -0.0675. The van der Waals surface area contributed by atoms with Crippen LogP contribution in [0, 0.1) is 22.7 Å². The third kappa shape index (κ3) is 1.93. The highest BCUT2D eigenvalue weighted by atomic mass is 32.2. The van der Waals surface area contributed by atoms with Crippen LogP contribution in [-0.2, 0) is 15.4 Å². The van der Waals surface area contributed by atoms with E-state index in [2.05, 4.69) is 13.0 Å². The Morgan fingerprint density at radius 2 is 2.05 bits per heavy atom. The van der Waals surface area contributed by atoms with Gasteiger partial charge in [-0.25, -0.2) is 8.42 Å². The molecule has 1 saturated carbocycles. The molecule has 1 aromatic rings. The van der Waals surface area contributed by atoms with Gasteiger partial charge in [-0.15, -0.1) is 0 Å². The first-order chi connectivity index (χ1) is 9.85. The maximum absolute atomic E-state index is 12.2. The van der Waals surface area contributed by atoms with Crippen molar-refractivity contribution < 1.29 is 13.5 Å². The van der Waals surface area contributed by atoms with Gasteiger partial charge in [0.05, 0.1) is 22.1 Å². The molecule has 0 spiro atoms. The van der Waals surface area contributed by atoms with E-state index in [0.29, 0.717) is 24.3 Å². The van der Waals surface area contributed by atoms with Gasteiger partial charge in [-0.3, -0.25) is 0 Å². The predicted molar refractivity (Wildman–Crippen MR) is 78.1 cm³/mol. The average Bonchev–Trinajstić information content (AvgIpc) is 2.87. The Balaban J connectivity index is 2.21. The maximum Gasteiger partial charge on any atom is 0.178 e. The molecule has 4 nitrogen and oxygen atoms in total.